The van der Waals surface area contributed by atoms with Crippen molar-refractivity contribution in [2.75, 3.05) is 7.11 Å². The van der Waals surface area contributed by atoms with E-state index >= 15 is 0 Å². The van der Waals surface area contributed by atoms with Crippen LogP contribution in [0, 0.1) is 6.92 Å². The van der Waals surface area contributed by atoms with E-state index in [9.17, 15) is 4.79 Å². The van der Waals surface area contributed by atoms with Crippen molar-refractivity contribution in [2.45, 2.75) is 13.5 Å². The second-order valence-electron chi connectivity index (χ2n) is 5.39. The number of nitrogens with zero attached hydrogens (tertiary/aromatic N) is 4. The van der Waals surface area contributed by atoms with Crippen LogP contribution in [0.3, 0.4) is 0 Å². The Bertz CT molecular complexity index is 848. The summed E-state index contributed by atoms with van der Waals surface area (Å²) < 4.78 is 8.97. The number of aromatic nitrogens is 4. The Kier molecular flexibility index (Phi) is 3.97. The summed E-state index contributed by atoms with van der Waals surface area (Å²) in [7, 11) is 3.51. The predicted octanol–water partition coefficient (Wildman–Crippen LogP) is 2.46. The molecule has 3 rings (SSSR count). The van der Waals surface area contributed by atoms with Gasteiger partial charge in [0.1, 0.15) is 12.0 Å². The molecule has 0 bridgehead atoms. The maximum atomic E-state index is 11.0. The standard InChI is InChI=1S/C17H18N4O2/c1-12-15(10-20(2)18-12)16-6-7-21(19-16)9-14-8-13(11-22)4-5-17(14)23-3/h4-8,10-11H,9H2,1-3H3. The molecule has 6 heteroatoms. The Balaban J connectivity index is 1.90. The lowest BCUT2D eigenvalue weighted by Crippen LogP contribution is -2.03. The number of rotatable bonds is 5. The van der Waals surface area contributed by atoms with Gasteiger partial charge in [0.25, 0.3) is 0 Å². The molecule has 0 amide bonds. The van der Waals surface area contributed by atoms with E-state index < -0.39 is 0 Å². The molecule has 3 aromatic rings. The summed E-state index contributed by atoms with van der Waals surface area (Å²) in [5, 5.41) is 8.94. The molecule has 2 aromatic heterocycles. The zero-order valence-corrected chi connectivity index (χ0v) is 13.4. The van der Waals surface area contributed by atoms with E-state index in [4.69, 9.17) is 4.74 Å². The summed E-state index contributed by atoms with van der Waals surface area (Å²) in [4.78, 5) is 11.0. The third kappa shape index (κ3) is 3.01. The Morgan fingerprint density at radius 3 is 2.74 bits per heavy atom. The van der Waals surface area contributed by atoms with E-state index in [-0.39, 0.29) is 0 Å². The molecule has 0 fully saturated rings. The lowest BCUT2D eigenvalue weighted by Gasteiger charge is -2.09. The Morgan fingerprint density at radius 1 is 1.26 bits per heavy atom. The minimum absolute atomic E-state index is 0.532. The Labute approximate surface area is 134 Å². The highest BCUT2D eigenvalue weighted by Crippen LogP contribution is 2.23. The first-order valence-corrected chi connectivity index (χ1v) is 7.27. The van der Waals surface area contributed by atoms with Crippen molar-refractivity contribution in [1.82, 2.24) is 19.6 Å². The average Bonchev–Trinajstić information content (AvgIpc) is 3.13. The molecule has 0 aliphatic heterocycles. The molecule has 0 aliphatic rings. The molecule has 0 atom stereocenters. The largest absolute Gasteiger partial charge is 0.496 e. The molecule has 1 aromatic carbocycles. The number of carbonyl (C=O) groups is 1. The van der Waals surface area contributed by atoms with Crippen LogP contribution in [0.15, 0.2) is 36.7 Å². The zero-order chi connectivity index (χ0) is 16.4. The molecular formula is C17H18N4O2. The van der Waals surface area contributed by atoms with Crippen LogP contribution < -0.4 is 4.74 Å². The minimum Gasteiger partial charge on any atom is -0.496 e. The van der Waals surface area contributed by atoms with E-state index in [1.54, 1.807) is 23.9 Å². The summed E-state index contributed by atoms with van der Waals surface area (Å²) >= 11 is 0. The van der Waals surface area contributed by atoms with Crippen molar-refractivity contribution >= 4 is 6.29 Å². The summed E-state index contributed by atoms with van der Waals surface area (Å²) in [6.07, 6.45) is 4.70. The second kappa shape index (κ2) is 6.08. The molecule has 0 spiro atoms. The van der Waals surface area contributed by atoms with Gasteiger partial charge in [-0.15, -0.1) is 0 Å². The lowest BCUT2D eigenvalue weighted by atomic mass is 10.1. The van der Waals surface area contributed by atoms with E-state index in [0.717, 1.165) is 34.6 Å². The number of methoxy groups -OCH3 is 1. The molecule has 6 nitrogen and oxygen atoms in total. The fraction of sp³-hybridized carbons (Fsp3) is 0.235. The van der Waals surface area contributed by atoms with Gasteiger partial charge in [0.2, 0.25) is 0 Å². The van der Waals surface area contributed by atoms with Gasteiger partial charge in [-0.3, -0.25) is 14.2 Å². The Morgan fingerprint density at radius 2 is 2.09 bits per heavy atom. The minimum atomic E-state index is 0.532. The smallest absolute Gasteiger partial charge is 0.150 e. The molecule has 0 unspecified atom stereocenters. The van der Waals surface area contributed by atoms with Gasteiger partial charge in [-0.2, -0.15) is 10.2 Å². The fourth-order valence-electron chi connectivity index (χ4n) is 2.61. The summed E-state index contributed by atoms with van der Waals surface area (Å²) in [5.41, 5.74) is 4.37. The second-order valence-corrected chi connectivity index (χ2v) is 5.39. The molecule has 0 N–H and O–H groups in total. The molecule has 0 saturated heterocycles. The number of carbonyl (C=O) groups excluding carboxylic acids is 1. The average molecular weight is 310 g/mol. The normalized spacial score (nSPS) is 10.7. The number of hydrogen-bond donors (Lipinski definition) is 0. The first-order valence-electron chi connectivity index (χ1n) is 7.27. The van der Waals surface area contributed by atoms with Crippen LogP contribution in [-0.4, -0.2) is 33.0 Å². The number of ether oxygens (including phenoxy) is 1. The van der Waals surface area contributed by atoms with Crippen molar-refractivity contribution in [2.24, 2.45) is 7.05 Å². The van der Waals surface area contributed by atoms with Crippen LogP contribution in [0.1, 0.15) is 21.6 Å². The fourth-order valence-corrected chi connectivity index (χ4v) is 2.61. The third-order valence-corrected chi connectivity index (χ3v) is 3.70. The number of aryl methyl sites for hydroxylation is 2. The maximum Gasteiger partial charge on any atom is 0.150 e. The highest BCUT2D eigenvalue weighted by atomic mass is 16.5. The monoisotopic (exact) mass is 310 g/mol. The number of hydrogen-bond acceptors (Lipinski definition) is 4. The van der Waals surface area contributed by atoms with Crippen molar-refractivity contribution in [1.29, 1.82) is 0 Å². The van der Waals surface area contributed by atoms with Gasteiger partial charge >= 0.3 is 0 Å². The zero-order valence-electron chi connectivity index (χ0n) is 13.4. The van der Waals surface area contributed by atoms with Gasteiger partial charge in [0, 0.05) is 36.1 Å². The van der Waals surface area contributed by atoms with Crippen LogP contribution in [0.25, 0.3) is 11.3 Å². The molecular weight excluding hydrogens is 292 g/mol. The number of benzene rings is 1. The first-order chi connectivity index (χ1) is 11.1. The van der Waals surface area contributed by atoms with Gasteiger partial charge in [-0.25, -0.2) is 0 Å². The van der Waals surface area contributed by atoms with Gasteiger partial charge in [0.15, 0.2) is 0 Å². The predicted molar refractivity (Wildman–Crippen MR) is 86.6 cm³/mol. The van der Waals surface area contributed by atoms with Crippen LogP contribution in [-0.2, 0) is 13.6 Å². The summed E-state index contributed by atoms with van der Waals surface area (Å²) in [6, 6.07) is 7.32. The van der Waals surface area contributed by atoms with Gasteiger partial charge in [-0.1, -0.05) is 0 Å². The van der Waals surface area contributed by atoms with Gasteiger partial charge in [0.05, 0.1) is 25.0 Å². The molecule has 118 valence electrons. The van der Waals surface area contributed by atoms with Crippen molar-refractivity contribution < 1.29 is 9.53 Å². The van der Waals surface area contributed by atoms with E-state index in [1.165, 1.54) is 0 Å². The van der Waals surface area contributed by atoms with Crippen LogP contribution in [0.2, 0.25) is 0 Å². The van der Waals surface area contributed by atoms with Crippen molar-refractivity contribution in [3.8, 4) is 17.0 Å². The number of aldehydes is 1. The lowest BCUT2D eigenvalue weighted by molar-refractivity contribution is 0.112. The highest BCUT2D eigenvalue weighted by Gasteiger charge is 2.11. The van der Waals surface area contributed by atoms with Crippen LogP contribution in [0.5, 0.6) is 5.75 Å². The topological polar surface area (TPSA) is 61.9 Å². The van der Waals surface area contributed by atoms with E-state index in [0.29, 0.717) is 12.1 Å². The first kappa shape index (κ1) is 15.0. The molecule has 23 heavy (non-hydrogen) atoms. The SMILES string of the molecule is COc1ccc(C=O)cc1Cn1ccc(-c2cn(C)nc2C)n1. The van der Waals surface area contributed by atoms with Crippen molar-refractivity contribution in [3.63, 3.8) is 0 Å². The highest BCUT2D eigenvalue weighted by molar-refractivity contribution is 5.75. The molecule has 0 saturated carbocycles. The molecule has 0 radical (unpaired) electrons. The van der Waals surface area contributed by atoms with Crippen LogP contribution in [0.4, 0.5) is 0 Å². The Hall–Kier alpha value is -2.89. The summed E-state index contributed by atoms with van der Waals surface area (Å²) in [5.74, 6) is 0.741. The van der Waals surface area contributed by atoms with Gasteiger partial charge < -0.3 is 4.74 Å². The molecule has 2 heterocycles. The van der Waals surface area contributed by atoms with Gasteiger partial charge in [-0.05, 0) is 31.2 Å². The summed E-state index contributed by atoms with van der Waals surface area (Å²) in [6.45, 7) is 2.50. The third-order valence-electron chi connectivity index (χ3n) is 3.70. The maximum absolute atomic E-state index is 11.0. The van der Waals surface area contributed by atoms with E-state index in [2.05, 4.69) is 10.2 Å². The molecule has 0 aliphatic carbocycles. The van der Waals surface area contributed by atoms with Crippen LogP contribution >= 0.6 is 0 Å². The quantitative estimate of drug-likeness (QED) is 0.679. The van der Waals surface area contributed by atoms with E-state index in [1.807, 2.05) is 43.2 Å². The van der Waals surface area contributed by atoms with Crippen molar-refractivity contribution in [3.05, 3.63) is 53.5 Å².